The fourth-order valence-corrected chi connectivity index (χ4v) is 2.05. The van der Waals surface area contributed by atoms with Gasteiger partial charge in [-0.2, -0.15) is 0 Å². The van der Waals surface area contributed by atoms with E-state index in [1.807, 2.05) is 6.92 Å². The number of likely N-dealkylation sites (tertiary alicyclic amines) is 1. The van der Waals surface area contributed by atoms with Gasteiger partial charge in [0.2, 0.25) is 0 Å². The first-order chi connectivity index (χ1) is 8.06. The van der Waals surface area contributed by atoms with Gasteiger partial charge in [-0.05, 0) is 32.0 Å². The molecule has 17 heavy (non-hydrogen) atoms. The second kappa shape index (κ2) is 4.71. The molecule has 1 atom stereocenters. The Bertz CT molecular complexity index is 434. The standard InChI is InChI=1S/C12H16N2O3/c1-9-7-10(14(15)16)3-4-12(9)17-11-5-6-13(2)8-11/h3-4,7,11H,5-6,8H2,1-2H3/t11-/m1/s1. The van der Waals surface area contributed by atoms with Crippen molar-refractivity contribution < 1.29 is 9.66 Å². The zero-order chi connectivity index (χ0) is 12.4. The van der Waals surface area contributed by atoms with E-state index in [0.29, 0.717) is 0 Å². The average molecular weight is 236 g/mol. The Morgan fingerprint density at radius 1 is 1.53 bits per heavy atom. The van der Waals surface area contributed by atoms with Crippen molar-refractivity contribution in [2.24, 2.45) is 0 Å². The van der Waals surface area contributed by atoms with Gasteiger partial charge in [0.25, 0.3) is 5.69 Å². The number of likely N-dealkylation sites (N-methyl/N-ethyl adjacent to an activating group) is 1. The molecule has 5 nitrogen and oxygen atoms in total. The third kappa shape index (κ3) is 2.74. The Balaban J connectivity index is 2.09. The number of hydrogen-bond donors (Lipinski definition) is 0. The highest BCUT2D eigenvalue weighted by atomic mass is 16.6. The van der Waals surface area contributed by atoms with Crippen molar-refractivity contribution in [2.75, 3.05) is 20.1 Å². The van der Waals surface area contributed by atoms with Crippen molar-refractivity contribution in [3.05, 3.63) is 33.9 Å². The first kappa shape index (κ1) is 11.9. The molecule has 0 aromatic heterocycles. The van der Waals surface area contributed by atoms with Crippen molar-refractivity contribution in [2.45, 2.75) is 19.4 Å². The van der Waals surface area contributed by atoms with E-state index in [1.54, 1.807) is 12.1 Å². The van der Waals surface area contributed by atoms with Crippen LogP contribution in [-0.2, 0) is 0 Å². The normalized spacial score (nSPS) is 20.5. The third-order valence-corrected chi connectivity index (χ3v) is 3.01. The highest BCUT2D eigenvalue weighted by Crippen LogP contribution is 2.25. The topological polar surface area (TPSA) is 55.6 Å². The molecule has 0 spiro atoms. The van der Waals surface area contributed by atoms with E-state index in [-0.39, 0.29) is 16.7 Å². The van der Waals surface area contributed by atoms with Crippen LogP contribution >= 0.6 is 0 Å². The number of ether oxygens (including phenoxy) is 1. The Morgan fingerprint density at radius 2 is 2.29 bits per heavy atom. The van der Waals surface area contributed by atoms with Crippen LogP contribution in [0.3, 0.4) is 0 Å². The van der Waals surface area contributed by atoms with E-state index in [1.165, 1.54) is 6.07 Å². The molecule has 92 valence electrons. The maximum absolute atomic E-state index is 10.6. The summed E-state index contributed by atoms with van der Waals surface area (Å²) in [6, 6.07) is 4.72. The zero-order valence-corrected chi connectivity index (χ0v) is 10.0. The predicted octanol–water partition coefficient (Wildman–Crippen LogP) is 1.99. The first-order valence-electron chi connectivity index (χ1n) is 5.66. The van der Waals surface area contributed by atoms with Gasteiger partial charge in [-0.1, -0.05) is 0 Å². The predicted molar refractivity (Wildman–Crippen MR) is 64.4 cm³/mol. The number of aryl methyl sites for hydroxylation is 1. The van der Waals surface area contributed by atoms with Gasteiger partial charge in [-0.3, -0.25) is 10.1 Å². The van der Waals surface area contributed by atoms with Crippen LogP contribution in [0, 0.1) is 17.0 Å². The molecule has 0 amide bonds. The summed E-state index contributed by atoms with van der Waals surface area (Å²) >= 11 is 0. The number of nitro benzene ring substituents is 1. The first-order valence-corrected chi connectivity index (χ1v) is 5.66. The summed E-state index contributed by atoms with van der Waals surface area (Å²) in [6.07, 6.45) is 1.20. The van der Waals surface area contributed by atoms with Crippen LogP contribution in [0.1, 0.15) is 12.0 Å². The third-order valence-electron chi connectivity index (χ3n) is 3.01. The summed E-state index contributed by atoms with van der Waals surface area (Å²) in [5, 5.41) is 10.6. The molecule has 0 N–H and O–H groups in total. The van der Waals surface area contributed by atoms with E-state index in [9.17, 15) is 10.1 Å². The molecule has 1 fully saturated rings. The van der Waals surface area contributed by atoms with E-state index < -0.39 is 0 Å². The lowest BCUT2D eigenvalue weighted by atomic mass is 10.2. The lowest BCUT2D eigenvalue weighted by molar-refractivity contribution is -0.384. The lowest BCUT2D eigenvalue weighted by Gasteiger charge is -2.15. The number of nitrogens with zero attached hydrogens (tertiary/aromatic N) is 2. The minimum Gasteiger partial charge on any atom is -0.489 e. The molecule has 1 aromatic carbocycles. The second-order valence-electron chi connectivity index (χ2n) is 4.50. The maximum Gasteiger partial charge on any atom is 0.269 e. The van der Waals surface area contributed by atoms with Crippen LogP contribution in [0.25, 0.3) is 0 Å². The minimum atomic E-state index is -0.389. The summed E-state index contributed by atoms with van der Waals surface area (Å²) in [6.45, 7) is 3.79. The van der Waals surface area contributed by atoms with E-state index in [2.05, 4.69) is 11.9 Å². The summed E-state index contributed by atoms with van der Waals surface area (Å²) < 4.78 is 5.85. The van der Waals surface area contributed by atoms with Crippen LogP contribution in [0.5, 0.6) is 5.75 Å². The van der Waals surface area contributed by atoms with Gasteiger partial charge in [-0.15, -0.1) is 0 Å². The second-order valence-corrected chi connectivity index (χ2v) is 4.50. The summed E-state index contributed by atoms with van der Waals surface area (Å²) in [4.78, 5) is 12.4. The highest BCUT2D eigenvalue weighted by molar-refractivity contribution is 5.43. The van der Waals surface area contributed by atoms with Gasteiger partial charge in [0, 0.05) is 25.2 Å². The number of nitro groups is 1. The molecule has 2 rings (SSSR count). The Morgan fingerprint density at radius 3 is 2.82 bits per heavy atom. The summed E-state index contributed by atoms with van der Waals surface area (Å²) in [5.74, 6) is 0.746. The molecule has 0 radical (unpaired) electrons. The fourth-order valence-electron chi connectivity index (χ4n) is 2.05. The Kier molecular flexibility index (Phi) is 3.28. The molecule has 1 aliphatic rings. The lowest BCUT2D eigenvalue weighted by Crippen LogP contribution is -2.21. The number of rotatable bonds is 3. The quantitative estimate of drug-likeness (QED) is 0.595. The van der Waals surface area contributed by atoms with E-state index >= 15 is 0 Å². The molecule has 0 unspecified atom stereocenters. The van der Waals surface area contributed by atoms with Crippen molar-refractivity contribution in [3.8, 4) is 5.75 Å². The maximum atomic E-state index is 10.6. The van der Waals surface area contributed by atoms with Crippen molar-refractivity contribution in [3.63, 3.8) is 0 Å². The van der Waals surface area contributed by atoms with Gasteiger partial charge in [0.15, 0.2) is 0 Å². The van der Waals surface area contributed by atoms with Gasteiger partial charge in [0.05, 0.1) is 4.92 Å². The SMILES string of the molecule is Cc1cc([N+](=O)[O-])ccc1O[C@@H]1CCN(C)C1. The van der Waals surface area contributed by atoms with Gasteiger partial charge in [-0.25, -0.2) is 0 Å². The van der Waals surface area contributed by atoms with Crippen molar-refractivity contribution in [1.29, 1.82) is 0 Å². The molecule has 5 heteroatoms. The van der Waals surface area contributed by atoms with Crippen LogP contribution in [-0.4, -0.2) is 36.1 Å². The van der Waals surface area contributed by atoms with Crippen molar-refractivity contribution in [1.82, 2.24) is 4.90 Å². The zero-order valence-electron chi connectivity index (χ0n) is 10.0. The molecular formula is C12H16N2O3. The molecule has 0 aliphatic carbocycles. The number of non-ortho nitro benzene ring substituents is 1. The molecule has 1 heterocycles. The van der Waals surface area contributed by atoms with Gasteiger partial charge < -0.3 is 9.64 Å². The molecule has 1 saturated heterocycles. The molecule has 0 bridgehead atoms. The van der Waals surface area contributed by atoms with Gasteiger partial charge >= 0.3 is 0 Å². The van der Waals surface area contributed by atoms with Crippen LogP contribution in [0.15, 0.2) is 18.2 Å². The fraction of sp³-hybridized carbons (Fsp3) is 0.500. The van der Waals surface area contributed by atoms with Crippen LogP contribution in [0.4, 0.5) is 5.69 Å². The van der Waals surface area contributed by atoms with Gasteiger partial charge in [0.1, 0.15) is 11.9 Å². The Labute approximate surface area is 100 Å². The average Bonchev–Trinajstić information content (AvgIpc) is 2.67. The number of hydrogen-bond acceptors (Lipinski definition) is 4. The summed E-state index contributed by atoms with van der Waals surface area (Å²) in [5.41, 5.74) is 0.923. The van der Waals surface area contributed by atoms with E-state index in [4.69, 9.17) is 4.74 Å². The van der Waals surface area contributed by atoms with Crippen molar-refractivity contribution >= 4 is 5.69 Å². The molecular weight excluding hydrogens is 220 g/mol. The monoisotopic (exact) mass is 236 g/mol. The van der Waals surface area contributed by atoms with Crippen LogP contribution < -0.4 is 4.74 Å². The highest BCUT2D eigenvalue weighted by Gasteiger charge is 2.21. The smallest absolute Gasteiger partial charge is 0.269 e. The van der Waals surface area contributed by atoms with E-state index in [0.717, 1.165) is 30.8 Å². The minimum absolute atomic E-state index is 0.110. The molecule has 1 aromatic rings. The summed E-state index contributed by atoms with van der Waals surface area (Å²) in [7, 11) is 2.06. The van der Waals surface area contributed by atoms with Crippen LogP contribution in [0.2, 0.25) is 0 Å². The Hall–Kier alpha value is -1.62. The largest absolute Gasteiger partial charge is 0.489 e. The molecule has 1 aliphatic heterocycles. The molecule has 0 saturated carbocycles. The number of benzene rings is 1.